The summed E-state index contributed by atoms with van der Waals surface area (Å²) >= 11 is 0. The van der Waals surface area contributed by atoms with Gasteiger partial charge < -0.3 is 15.5 Å². The van der Waals surface area contributed by atoms with Crippen LogP contribution in [0.2, 0.25) is 0 Å². The van der Waals surface area contributed by atoms with Gasteiger partial charge in [-0.15, -0.1) is 0 Å². The van der Waals surface area contributed by atoms with E-state index >= 15 is 0 Å². The Morgan fingerprint density at radius 2 is 2.19 bits per heavy atom. The highest BCUT2D eigenvalue weighted by Crippen LogP contribution is 2.27. The molecular weight excluding hydrogens is 223 g/mol. The van der Waals surface area contributed by atoms with Crippen molar-refractivity contribution in [1.29, 1.82) is 0 Å². The van der Waals surface area contributed by atoms with Crippen LogP contribution in [0.15, 0.2) is 0 Å². The fourth-order valence-electron chi connectivity index (χ4n) is 2.38. The fourth-order valence-corrected chi connectivity index (χ4v) is 2.38. The Bertz CT molecular complexity index is 282. The Balaban J connectivity index is 1.86. The number of nitrogens with one attached hydrogen (secondary N) is 2. The largest absolute Gasteiger partial charge is 0.405 e. The molecule has 2 atom stereocenters. The molecule has 7 heteroatoms. The van der Waals surface area contributed by atoms with Crippen LogP contribution in [0, 0.1) is 5.92 Å². The molecule has 0 aliphatic carbocycles. The van der Waals surface area contributed by atoms with Crippen molar-refractivity contribution in [2.75, 3.05) is 26.2 Å². The van der Waals surface area contributed by atoms with E-state index in [0.29, 0.717) is 19.0 Å². The van der Waals surface area contributed by atoms with Gasteiger partial charge in [0.2, 0.25) is 0 Å². The van der Waals surface area contributed by atoms with Crippen molar-refractivity contribution in [1.82, 2.24) is 15.5 Å². The first-order valence-corrected chi connectivity index (χ1v) is 5.29. The van der Waals surface area contributed by atoms with Crippen LogP contribution in [0.4, 0.5) is 18.0 Å². The molecule has 0 aromatic carbocycles. The number of fused-ring (bicyclic) bond motifs is 1. The lowest BCUT2D eigenvalue weighted by atomic mass is 10.1. The molecule has 16 heavy (non-hydrogen) atoms. The highest BCUT2D eigenvalue weighted by Gasteiger charge is 2.40. The van der Waals surface area contributed by atoms with Gasteiger partial charge in [0.05, 0.1) is 0 Å². The second-order valence-electron chi connectivity index (χ2n) is 4.24. The number of alkyl halides is 3. The van der Waals surface area contributed by atoms with Gasteiger partial charge in [0, 0.05) is 25.7 Å². The van der Waals surface area contributed by atoms with Crippen LogP contribution < -0.4 is 10.6 Å². The van der Waals surface area contributed by atoms with Crippen molar-refractivity contribution >= 4 is 6.03 Å². The third-order valence-electron chi connectivity index (χ3n) is 3.15. The van der Waals surface area contributed by atoms with Crippen LogP contribution >= 0.6 is 0 Å². The molecule has 0 spiro atoms. The number of hydrogen-bond donors (Lipinski definition) is 2. The van der Waals surface area contributed by atoms with Crippen molar-refractivity contribution in [2.45, 2.75) is 18.6 Å². The van der Waals surface area contributed by atoms with Crippen LogP contribution in [0.1, 0.15) is 6.42 Å². The average molecular weight is 237 g/mol. The lowest BCUT2D eigenvalue weighted by Gasteiger charge is -2.24. The summed E-state index contributed by atoms with van der Waals surface area (Å²) < 4.78 is 35.8. The minimum atomic E-state index is -4.34. The van der Waals surface area contributed by atoms with E-state index in [2.05, 4.69) is 5.32 Å². The number of amides is 2. The monoisotopic (exact) mass is 237 g/mol. The zero-order chi connectivity index (χ0) is 11.8. The molecule has 2 fully saturated rings. The highest BCUT2D eigenvalue weighted by molar-refractivity contribution is 5.75. The molecule has 2 heterocycles. The van der Waals surface area contributed by atoms with E-state index in [1.807, 2.05) is 5.32 Å². The van der Waals surface area contributed by atoms with Gasteiger partial charge in [-0.25, -0.2) is 4.79 Å². The number of hydrogen-bond acceptors (Lipinski definition) is 2. The fraction of sp³-hybridized carbons (Fsp3) is 0.889. The second kappa shape index (κ2) is 4.12. The molecule has 0 aromatic heterocycles. The topological polar surface area (TPSA) is 44.4 Å². The van der Waals surface area contributed by atoms with E-state index in [4.69, 9.17) is 0 Å². The Hall–Kier alpha value is -0.980. The number of halogens is 3. The Labute approximate surface area is 91.2 Å². The molecule has 2 saturated heterocycles. The zero-order valence-electron chi connectivity index (χ0n) is 8.68. The molecule has 0 aromatic rings. The van der Waals surface area contributed by atoms with Crippen molar-refractivity contribution < 1.29 is 18.0 Å². The van der Waals surface area contributed by atoms with Crippen molar-refractivity contribution in [3.05, 3.63) is 0 Å². The quantitative estimate of drug-likeness (QED) is 0.699. The SMILES string of the molecule is O=C(NCC(F)(F)F)N1CC[C@H]2CNC[C@H]21. The van der Waals surface area contributed by atoms with Crippen molar-refractivity contribution in [3.63, 3.8) is 0 Å². The Kier molecular flexibility index (Phi) is 2.96. The van der Waals surface area contributed by atoms with Gasteiger partial charge in [-0.3, -0.25) is 0 Å². The predicted molar refractivity (Wildman–Crippen MR) is 50.9 cm³/mol. The normalized spacial score (nSPS) is 29.3. The van der Waals surface area contributed by atoms with E-state index < -0.39 is 18.8 Å². The number of rotatable bonds is 1. The van der Waals surface area contributed by atoms with Gasteiger partial charge in [-0.1, -0.05) is 0 Å². The maximum Gasteiger partial charge on any atom is 0.405 e. The number of urea groups is 1. The van der Waals surface area contributed by atoms with Crippen LogP contribution in [-0.4, -0.2) is 49.3 Å². The summed E-state index contributed by atoms with van der Waals surface area (Å²) in [6, 6.07) is -0.540. The lowest BCUT2D eigenvalue weighted by molar-refractivity contribution is -0.123. The van der Waals surface area contributed by atoms with Crippen molar-refractivity contribution in [2.24, 2.45) is 5.92 Å². The van der Waals surface area contributed by atoms with Crippen LogP contribution in [0.3, 0.4) is 0 Å². The summed E-state index contributed by atoms with van der Waals surface area (Å²) in [7, 11) is 0. The first-order valence-electron chi connectivity index (χ1n) is 5.29. The summed E-state index contributed by atoms with van der Waals surface area (Å²) in [5.74, 6) is 0.400. The first kappa shape index (κ1) is 11.5. The molecule has 92 valence electrons. The predicted octanol–water partition coefficient (Wildman–Crippen LogP) is 0.552. The molecule has 0 unspecified atom stereocenters. The van der Waals surface area contributed by atoms with Gasteiger partial charge in [0.15, 0.2) is 0 Å². The number of carbonyl (C=O) groups excluding carboxylic acids is 1. The summed E-state index contributed by atoms with van der Waals surface area (Å²) in [4.78, 5) is 13.0. The zero-order valence-corrected chi connectivity index (χ0v) is 8.68. The maximum atomic E-state index is 11.9. The molecule has 2 amide bonds. The third kappa shape index (κ3) is 2.40. The van der Waals surface area contributed by atoms with E-state index in [1.165, 1.54) is 4.90 Å². The minimum absolute atomic E-state index is 0.0632. The molecule has 4 nitrogen and oxygen atoms in total. The minimum Gasteiger partial charge on any atom is -0.329 e. The van der Waals surface area contributed by atoms with Crippen LogP contribution in [-0.2, 0) is 0 Å². The standard InChI is InChI=1S/C9H14F3N3O/c10-9(11,12)5-14-8(16)15-2-1-6-3-13-4-7(6)15/h6-7,13H,1-5H2,(H,14,16)/t6-,7+/m0/s1. The average Bonchev–Trinajstić information content (AvgIpc) is 2.73. The van der Waals surface area contributed by atoms with E-state index in [9.17, 15) is 18.0 Å². The smallest absolute Gasteiger partial charge is 0.329 e. The van der Waals surface area contributed by atoms with E-state index in [-0.39, 0.29) is 6.04 Å². The van der Waals surface area contributed by atoms with Gasteiger partial charge >= 0.3 is 12.2 Å². The summed E-state index contributed by atoms with van der Waals surface area (Å²) in [5.41, 5.74) is 0. The number of nitrogens with zero attached hydrogens (tertiary/aromatic N) is 1. The molecule has 0 saturated carbocycles. The third-order valence-corrected chi connectivity index (χ3v) is 3.15. The van der Waals surface area contributed by atoms with Crippen LogP contribution in [0.25, 0.3) is 0 Å². The van der Waals surface area contributed by atoms with E-state index in [1.54, 1.807) is 0 Å². The number of carbonyl (C=O) groups is 1. The molecular formula is C9H14F3N3O. The molecule has 2 aliphatic rings. The van der Waals surface area contributed by atoms with Gasteiger partial charge in [-0.05, 0) is 12.3 Å². The summed E-state index contributed by atoms with van der Waals surface area (Å²) in [6.07, 6.45) is -3.47. The Morgan fingerprint density at radius 3 is 2.88 bits per heavy atom. The molecule has 0 radical (unpaired) electrons. The second-order valence-corrected chi connectivity index (χ2v) is 4.24. The molecule has 2 aliphatic heterocycles. The molecule has 2 N–H and O–H groups in total. The summed E-state index contributed by atoms with van der Waals surface area (Å²) in [6.45, 7) is 0.839. The summed E-state index contributed by atoms with van der Waals surface area (Å²) in [5, 5.41) is 5.05. The molecule has 0 bridgehead atoms. The van der Waals surface area contributed by atoms with E-state index in [0.717, 1.165) is 13.0 Å². The van der Waals surface area contributed by atoms with Gasteiger partial charge in [0.25, 0.3) is 0 Å². The van der Waals surface area contributed by atoms with Crippen molar-refractivity contribution in [3.8, 4) is 0 Å². The van der Waals surface area contributed by atoms with Crippen LogP contribution in [0.5, 0.6) is 0 Å². The molecule has 2 rings (SSSR count). The first-order chi connectivity index (χ1) is 7.47. The Morgan fingerprint density at radius 1 is 1.44 bits per heavy atom. The lowest BCUT2D eigenvalue weighted by Crippen LogP contribution is -2.47. The highest BCUT2D eigenvalue weighted by atomic mass is 19.4. The number of likely N-dealkylation sites (tertiary alicyclic amines) is 1. The maximum absolute atomic E-state index is 11.9. The van der Waals surface area contributed by atoms with Gasteiger partial charge in [-0.2, -0.15) is 13.2 Å². The van der Waals surface area contributed by atoms with Gasteiger partial charge in [0.1, 0.15) is 6.54 Å².